The van der Waals surface area contributed by atoms with Crippen LogP contribution in [0.2, 0.25) is 0 Å². The van der Waals surface area contributed by atoms with Crippen molar-refractivity contribution in [3.05, 3.63) is 84.6 Å². The molecule has 2 N–H and O–H groups in total. The minimum atomic E-state index is -0.763. The Bertz CT molecular complexity index is 969. The minimum absolute atomic E-state index is 0.303. The molecule has 1 aromatic heterocycles. The molecule has 7 heteroatoms. The van der Waals surface area contributed by atoms with Crippen molar-refractivity contribution in [2.45, 2.75) is 6.04 Å². The molecule has 1 amide bonds. The van der Waals surface area contributed by atoms with Gasteiger partial charge in [-0.15, -0.1) is 0 Å². The highest BCUT2D eigenvalue weighted by molar-refractivity contribution is 5.95. The van der Waals surface area contributed by atoms with Gasteiger partial charge in [0.15, 0.2) is 0 Å². The summed E-state index contributed by atoms with van der Waals surface area (Å²) in [5.41, 5.74) is 1.45. The lowest BCUT2D eigenvalue weighted by Gasteiger charge is -2.33. The molecule has 0 bridgehead atoms. The van der Waals surface area contributed by atoms with Crippen LogP contribution in [0.4, 0.5) is 16.0 Å². The van der Waals surface area contributed by atoms with Crippen LogP contribution in [0.25, 0.3) is 0 Å². The van der Waals surface area contributed by atoms with Crippen LogP contribution in [-0.2, 0) is 4.79 Å². The Balaban J connectivity index is 1.77. The molecule has 0 saturated heterocycles. The first-order valence-corrected chi connectivity index (χ1v) is 8.11. The van der Waals surface area contributed by atoms with E-state index in [0.29, 0.717) is 22.9 Å². The lowest BCUT2D eigenvalue weighted by molar-refractivity contribution is -0.119. The number of carbonyl (C=O) groups excluding carboxylic acids is 1. The summed E-state index contributed by atoms with van der Waals surface area (Å²) in [6.07, 6.45) is 1.36. The van der Waals surface area contributed by atoms with Crippen LogP contribution in [0.3, 0.4) is 0 Å². The quantitative estimate of drug-likeness (QED) is 0.762. The van der Waals surface area contributed by atoms with Crippen LogP contribution in [0.1, 0.15) is 11.6 Å². The van der Waals surface area contributed by atoms with Crippen molar-refractivity contribution in [3.8, 4) is 0 Å². The van der Waals surface area contributed by atoms with Crippen molar-refractivity contribution < 1.29 is 9.18 Å². The number of halogens is 1. The first-order chi connectivity index (χ1) is 12.6. The molecule has 3 aromatic rings. The zero-order chi connectivity index (χ0) is 18.1. The first kappa shape index (κ1) is 16.0. The second kappa shape index (κ2) is 6.44. The summed E-state index contributed by atoms with van der Waals surface area (Å²) in [7, 11) is 0. The average molecular weight is 349 g/mol. The zero-order valence-electron chi connectivity index (χ0n) is 13.8. The van der Waals surface area contributed by atoms with Crippen LogP contribution in [0.15, 0.2) is 73.2 Å². The van der Waals surface area contributed by atoms with E-state index in [4.69, 9.17) is 0 Å². The molecule has 1 aliphatic rings. The summed E-state index contributed by atoms with van der Waals surface area (Å²) in [4.78, 5) is 17.1. The number of rotatable bonds is 3. The zero-order valence-corrected chi connectivity index (χ0v) is 13.8. The number of para-hydroxylation sites is 1. The normalized spacial score (nSPS) is 18.7. The number of anilines is 2. The number of amides is 1. The molecule has 0 radical (unpaired) electrons. The van der Waals surface area contributed by atoms with E-state index in [-0.39, 0.29) is 5.91 Å². The van der Waals surface area contributed by atoms with Gasteiger partial charge in [0, 0.05) is 16.9 Å². The van der Waals surface area contributed by atoms with E-state index in [1.54, 1.807) is 30.3 Å². The Kier molecular flexibility index (Phi) is 3.96. The predicted molar refractivity (Wildman–Crippen MR) is 95.9 cm³/mol. The lowest BCUT2D eigenvalue weighted by Crippen LogP contribution is -2.40. The van der Waals surface area contributed by atoms with Crippen molar-refractivity contribution in [3.63, 3.8) is 0 Å². The van der Waals surface area contributed by atoms with Crippen LogP contribution < -0.4 is 10.6 Å². The van der Waals surface area contributed by atoms with Crippen molar-refractivity contribution in [1.82, 2.24) is 14.8 Å². The third kappa shape index (κ3) is 2.73. The van der Waals surface area contributed by atoms with E-state index in [9.17, 15) is 9.18 Å². The molecule has 2 aromatic carbocycles. The van der Waals surface area contributed by atoms with Gasteiger partial charge < -0.3 is 10.6 Å². The maximum atomic E-state index is 14.5. The number of carbonyl (C=O) groups is 1. The van der Waals surface area contributed by atoms with Gasteiger partial charge in [0.1, 0.15) is 24.1 Å². The van der Waals surface area contributed by atoms with Gasteiger partial charge in [-0.05, 0) is 18.2 Å². The van der Waals surface area contributed by atoms with Gasteiger partial charge in [-0.2, -0.15) is 10.1 Å². The molecular weight excluding hydrogens is 333 g/mol. The molecule has 0 saturated carbocycles. The molecule has 4 rings (SSSR count). The van der Waals surface area contributed by atoms with Gasteiger partial charge in [-0.25, -0.2) is 9.07 Å². The van der Waals surface area contributed by atoms with E-state index < -0.39 is 17.8 Å². The average Bonchev–Trinajstić information content (AvgIpc) is 3.10. The molecule has 2 heterocycles. The molecule has 2 atom stereocenters. The van der Waals surface area contributed by atoms with Gasteiger partial charge in [0.05, 0.1) is 0 Å². The number of benzene rings is 2. The summed E-state index contributed by atoms with van der Waals surface area (Å²) in [6.45, 7) is 3.97. The molecular formula is C19H16FN5O. The fraction of sp³-hybridized carbons (Fsp3) is 0.105. The predicted octanol–water partition coefficient (Wildman–Crippen LogP) is 3.20. The smallest absolute Gasteiger partial charge is 0.235 e. The van der Waals surface area contributed by atoms with Gasteiger partial charge in [-0.1, -0.05) is 43.0 Å². The van der Waals surface area contributed by atoms with Crippen molar-refractivity contribution in [2.75, 3.05) is 10.6 Å². The highest BCUT2D eigenvalue weighted by atomic mass is 19.1. The van der Waals surface area contributed by atoms with E-state index in [0.717, 1.165) is 0 Å². The van der Waals surface area contributed by atoms with Crippen molar-refractivity contribution >= 4 is 17.5 Å². The summed E-state index contributed by atoms with van der Waals surface area (Å²) >= 11 is 0. The van der Waals surface area contributed by atoms with Gasteiger partial charge >= 0.3 is 0 Å². The van der Waals surface area contributed by atoms with Gasteiger partial charge in [0.25, 0.3) is 0 Å². The second-order valence-electron chi connectivity index (χ2n) is 5.98. The van der Waals surface area contributed by atoms with E-state index >= 15 is 0 Å². The van der Waals surface area contributed by atoms with E-state index in [1.807, 2.05) is 18.2 Å². The third-order valence-corrected chi connectivity index (χ3v) is 4.35. The molecule has 1 aliphatic heterocycles. The highest BCUT2D eigenvalue weighted by Gasteiger charge is 2.40. The molecule has 0 fully saturated rings. The SMILES string of the molecule is C=C1Nc2ncnn2[C@H](c2ccccc2F)[C@H]1C(=O)Nc1ccccc1. The molecule has 26 heavy (non-hydrogen) atoms. The van der Waals surface area contributed by atoms with Crippen LogP contribution in [0.5, 0.6) is 0 Å². The Morgan fingerprint density at radius 1 is 1.15 bits per heavy atom. The monoisotopic (exact) mass is 349 g/mol. The fourth-order valence-electron chi connectivity index (χ4n) is 3.17. The summed E-state index contributed by atoms with van der Waals surface area (Å²) in [5, 5.41) is 10.0. The maximum Gasteiger partial charge on any atom is 0.235 e. The Hall–Kier alpha value is -3.48. The molecule has 0 aliphatic carbocycles. The number of fused-ring (bicyclic) bond motifs is 1. The summed E-state index contributed by atoms with van der Waals surface area (Å²) < 4.78 is 16.0. The number of hydrogen-bond donors (Lipinski definition) is 2. The lowest BCUT2D eigenvalue weighted by atomic mass is 9.88. The third-order valence-electron chi connectivity index (χ3n) is 4.35. The number of nitrogens with zero attached hydrogens (tertiary/aromatic N) is 3. The summed E-state index contributed by atoms with van der Waals surface area (Å²) in [6, 6.07) is 14.7. The largest absolute Gasteiger partial charge is 0.328 e. The topological polar surface area (TPSA) is 71.8 Å². The van der Waals surface area contributed by atoms with Gasteiger partial charge in [0.2, 0.25) is 11.9 Å². The molecule has 6 nitrogen and oxygen atoms in total. The number of nitrogens with one attached hydrogen (secondary N) is 2. The van der Waals surface area contributed by atoms with E-state index in [2.05, 4.69) is 27.3 Å². The van der Waals surface area contributed by atoms with Gasteiger partial charge in [-0.3, -0.25) is 4.79 Å². The van der Waals surface area contributed by atoms with Crippen LogP contribution in [-0.4, -0.2) is 20.7 Å². The Morgan fingerprint density at radius 3 is 2.65 bits per heavy atom. The van der Waals surface area contributed by atoms with Crippen LogP contribution in [0, 0.1) is 11.7 Å². The highest BCUT2D eigenvalue weighted by Crippen LogP contribution is 2.38. The molecule has 0 spiro atoms. The molecule has 130 valence electrons. The molecule has 0 unspecified atom stereocenters. The van der Waals surface area contributed by atoms with E-state index in [1.165, 1.54) is 17.1 Å². The Morgan fingerprint density at radius 2 is 1.88 bits per heavy atom. The first-order valence-electron chi connectivity index (χ1n) is 8.11. The standard InChI is InChI=1S/C19H16FN5O/c1-12-16(18(26)24-13-7-3-2-4-8-13)17(14-9-5-6-10-15(14)20)25-19(23-12)21-11-22-25/h2-11,16-17H,1H2,(H,24,26)(H,21,22,23)/t16-,17+/m0/s1. The summed E-state index contributed by atoms with van der Waals surface area (Å²) in [5.74, 6) is -1.05. The minimum Gasteiger partial charge on any atom is -0.328 e. The Labute approximate surface area is 149 Å². The van der Waals surface area contributed by atoms with Crippen molar-refractivity contribution in [1.29, 1.82) is 0 Å². The maximum absolute atomic E-state index is 14.5. The number of aromatic nitrogens is 3. The number of hydrogen-bond acceptors (Lipinski definition) is 4. The second-order valence-corrected chi connectivity index (χ2v) is 5.98. The van der Waals surface area contributed by atoms with Crippen molar-refractivity contribution in [2.24, 2.45) is 5.92 Å². The van der Waals surface area contributed by atoms with Crippen LogP contribution >= 0.6 is 0 Å². The fourth-order valence-corrected chi connectivity index (χ4v) is 3.17.